The van der Waals surface area contributed by atoms with Crippen LogP contribution in [0.15, 0.2) is 24.3 Å². The highest BCUT2D eigenvalue weighted by atomic mass is 35.5. The Morgan fingerprint density at radius 3 is 2.88 bits per heavy atom. The van der Waals surface area contributed by atoms with Crippen LogP contribution in [0.5, 0.6) is 0 Å². The van der Waals surface area contributed by atoms with Crippen molar-refractivity contribution in [3.63, 3.8) is 0 Å². The molecule has 1 aliphatic rings. The number of ether oxygens (including phenoxy) is 1. The number of hydrogen-bond acceptors (Lipinski definition) is 3. The van der Waals surface area contributed by atoms with Gasteiger partial charge in [0.15, 0.2) is 0 Å². The number of esters is 1. The Hall–Kier alpha value is -1.06. The Balaban J connectivity index is 2.00. The molecule has 0 atom stereocenters. The molecule has 0 saturated heterocycles. The van der Waals surface area contributed by atoms with Crippen LogP contribution in [0.3, 0.4) is 0 Å². The zero-order valence-corrected chi connectivity index (χ0v) is 10.5. The highest BCUT2D eigenvalue weighted by molar-refractivity contribution is 6.30. The number of hydrogen-bond donors (Lipinski definition) is 1. The molecule has 0 amide bonds. The summed E-state index contributed by atoms with van der Waals surface area (Å²) < 4.78 is 4.97. The SMILES string of the molecule is CCOC(=O)C1(N)CC(c2cccc(Cl)c2)C1. The first-order valence-electron chi connectivity index (χ1n) is 5.77. The van der Waals surface area contributed by atoms with Gasteiger partial charge < -0.3 is 10.5 Å². The van der Waals surface area contributed by atoms with Gasteiger partial charge in [-0.25, -0.2) is 0 Å². The lowest BCUT2D eigenvalue weighted by Gasteiger charge is -2.42. The minimum absolute atomic E-state index is 0.293. The highest BCUT2D eigenvalue weighted by Gasteiger charge is 2.48. The Morgan fingerprint density at radius 2 is 2.29 bits per heavy atom. The average Bonchev–Trinajstić information content (AvgIpc) is 2.25. The zero-order valence-electron chi connectivity index (χ0n) is 9.78. The third kappa shape index (κ3) is 2.45. The van der Waals surface area contributed by atoms with E-state index >= 15 is 0 Å². The standard InChI is InChI=1S/C13H16ClNO2/c1-2-17-12(16)13(15)7-10(8-13)9-4-3-5-11(14)6-9/h3-6,10H,2,7-8,15H2,1H3. The third-order valence-corrected chi connectivity index (χ3v) is 3.46. The average molecular weight is 254 g/mol. The molecule has 1 aromatic rings. The molecule has 4 heteroatoms. The van der Waals surface area contributed by atoms with Crippen molar-refractivity contribution in [3.05, 3.63) is 34.9 Å². The molecule has 1 aliphatic carbocycles. The fourth-order valence-corrected chi connectivity index (χ4v) is 2.46. The Bertz CT molecular complexity index is 427. The van der Waals surface area contributed by atoms with Crippen molar-refractivity contribution in [1.29, 1.82) is 0 Å². The molecule has 17 heavy (non-hydrogen) atoms. The molecule has 1 aromatic carbocycles. The van der Waals surface area contributed by atoms with Gasteiger partial charge in [0.2, 0.25) is 0 Å². The van der Waals surface area contributed by atoms with Crippen LogP contribution in [0.25, 0.3) is 0 Å². The van der Waals surface area contributed by atoms with E-state index in [1.54, 1.807) is 6.92 Å². The molecule has 0 spiro atoms. The fourth-order valence-electron chi connectivity index (χ4n) is 2.26. The summed E-state index contributed by atoms with van der Waals surface area (Å²) in [5, 5.41) is 0.716. The second-order valence-electron chi connectivity index (χ2n) is 4.54. The number of nitrogens with two attached hydrogens (primary N) is 1. The van der Waals surface area contributed by atoms with Crippen LogP contribution < -0.4 is 5.73 Å². The van der Waals surface area contributed by atoms with E-state index in [0.717, 1.165) is 5.56 Å². The number of carbonyl (C=O) groups excluding carboxylic acids is 1. The van der Waals surface area contributed by atoms with E-state index in [-0.39, 0.29) is 5.97 Å². The molecule has 2 N–H and O–H groups in total. The van der Waals surface area contributed by atoms with Crippen molar-refractivity contribution in [1.82, 2.24) is 0 Å². The predicted octanol–water partition coefficient (Wildman–Crippen LogP) is 2.48. The molecule has 1 saturated carbocycles. The normalized spacial score (nSPS) is 27.4. The number of halogens is 1. The van der Waals surface area contributed by atoms with Crippen molar-refractivity contribution in [2.45, 2.75) is 31.2 Å². The van der Waals surface area contributed by atoms with Gasteiger partial charge in [-0.2, -0.15) is 0 Å². The van der Waals surface area contributed by atoms with Gasteiger partial charge in [0.1, 0.15) is 5.54 Å². The molecule has 0 unspecified atom stereocenters. The maximum atomic E-state index is 11.6. The lowest BCUT2D eigenvalue weighted by molar-refractivity contribution is -0.153. The molecule has 0 heterocycles. The molecule has 1 fully saturated rings. The van der Waals surface area contributed by atoms with Crippen molar-refractivity contribution in [2.75, 3.05) is 6.61 Å². The lowest BCUT2D eigenvalue weighted by Crippen LogP contribution is -2.57. The zero-order chi connectivity index (χ0) is 12.5. The number of rotatable bonds is 3. The van der Waals surface area contributed by atoms with Gasteiger partial charge >= 0.3 is 5.97 Å². The van der Waals surface area contributed by atoms with E-state index in [4.69, 9.17) is 22.1 Å². The smallest absolute Gasteiger partial charge is 0.326 e. The van der Waals surface area contributed by atoms with Crippen LogP contribution in [-0.2, 0) is 9.53 Å². The van der Waals surface area contributed by atoms with Crippen LogP contribution >= 0.6 is 11.6 Å². The third-order valence-electron chi connectivity index (χ3n) is 3.22. The molecular weight excluding hydrogens is 238 g/mol. The summed E-state index contributed by atoms with van der Waals surface area (Å²) >= 11 is 5.93. The monoisotopic (exact) mass is 253 g/mol. The van der Waals surface area contributed by atoms with Crippen LogP contribution in [-0.4, -0.2) is 18.1 Å². The molecular formula is C13H16ClNO2. The van der Waals surface area contributed by atoms with Crippen molar-refractivity contribution < 1.29 is 9.53 Å². The van der Waals surface area contributed by atoms with E-state index in [1.807, 2.05) is 24.3 Å². The second kappa shape index (κ2) is 4.67. The van der Waals surface area contributed by atoms with Crippen LogP contribution in [0.4, 0.5) is 0 Å². The Kier molecular flexibility index (Phi) is 3.40. The van der Waals surface area contributed by atoms with Gasteiger partial charge in [0, 0.05) is 5.02 Å². The molecule has 2 rings (SSSR count). The predicted molar refractivity (Wildman–Crippen MR) is 67.0 cm³/mol. The lowest BCUT2D eigenvalue weighted by atomic mass is 9.66. The summed E-state index contributed by atoms with van der Waals surface area (Å²) in [6.07, 6.45) is 1.26. The van der Waals surface area contributed by atoms with Gasteiger partial charge in [-0.05, 0) is 43.4 Å². The van der Waals surface area contributed by atoms with Crippen molar-refractivity contribution in [3.8, 4) is 0 Å². The van der Waals surface area contributed by atoms with E-state index < -0.39 is 5.54 Å². The van der Waals surface area contributed by atoms with Crippen LogP contribution in [0.2, 0.25) is 5.02 Å². The fraction of sp³-hybridized carbons (Fsp3) is 0.462. The van der Waals surface area contributed by atoms with E-state index in [9.17, 15) is 4.79 Å². The quantitative estimate of drug-likeness (QED) is 0.842. The van der Waals surface area contributed by atoms with E-state index in [1.165, 1.54) is 0 Å². The summed E-state index contributed by atoms with van der Waals surface area (Å²) in [4.78, 5) is 11.6. The summed E-state index contributed by atoms with van der Waals surface area (Å²) in [5.41, 5.74) is 6.33. The van der Waals surface area contributed by atoms with Gasteiger partial charge in [-0.3, -0.25) is 4.79 Å². The van der Waals surface area contributed by atoms with E-state index in [0.29, 0.717) is 30.4 Å². The Labute approximate surface area is 106 Å². The summed E-state index contributed by atoms with van der Waals surface area (Å²) in [6, 6.07) is 7.70. The minimum atomic E-state index is -0.803. The van der Waals surface area contributed by atoms with Gasteiger partial charge in [-0.1, -0.05) is 23.7 Å². The largest absolute Gasteiger partial charge is 0.465 e. The van der Waals surface area contributed by atoms with Crippen molar-refractivity contribution >= 4 is 17.6 Å². The van der Waals surface area contributed by atoms with E-state index in [2.05, 4.69) is 0 Å². The molecule has 0 radical (unpaired) electrons. The minimum Gasteiger partial charge on any atom is -0.465 e. The van der Waals surface area contributed by atoms with Crippen LogP contribution in [0.1, 0.15) is 31.2 Å². The Morgan fingerprint density at radius 1 is 1.59 bits per heavy atom. The molecule has 0 bridgehead atoms. The number of carbonyl (C=O) groups is 1. The second-order valence-corrected chi connectivity index (χ2v) is 4.97. The first-order valence-corrected chi connectivity index (χ1v) is 6.14. The summed E-state index contributed by atoms with van der Waals surface area (Å²) in [6.45, 7) is 2.16. The molecule has 0 aliphatic heterocycles. The highest BCUT2D eigenvalue weighted by Crippen LogP contribution is 2.44. The van der Waals surface area contributed by atoms with Gasteiger partial charge in [-0.15, -0.1) is 0 Å². The molecule has 92 valence electrons. The topological polar surface area (TPSA) is 52.3 Å². The maximum Gasteiger partial charge on any atom is 0.326 e. The number of benzene rings is 1. The van der Waals surface area contributed by atoms with Gasteiger partial charge in [0.25, 0.3) is 0 Å². The molecule has 3 nitrogen and oxygen atoms in total. The first-order chi connectivity index (χ1) is 8.05. The summed E-state index contributed by atoms with van der Waals surface area (Å²) in [5.74, 6) is 0.0152. The van der Waals surface area contributed by atoms with Crippen molar-refractivity contribution in [2.24, 2.45) is 5.73 Å². The first kappa shape index (κ1) is 12.4. The maximum absolute atomic E-state index is 11.6. The van der Waals surface area contributed by atoms with Crippen LogP contribution in [0, 0.1) is 0 Å². The van der Waals surface area contributed by atoms with Gasteiger partial charge in [0.05, 0.1) is 6.61 Å². The summed E-state index contributed by atoms with van der Waals surface area (Å²) in [7, 11) is 0. The molecule has 0 aromatic heterocycles.